The van der Waals surface area contributed by atoms with E-state index in [2.05, 4.69) is 12.1 Å². The minimum atomic E-state index is -0.489. The molecule has 1 saturated heterocycles. The maximum Gasteiger partial charge on any atom is 0.411 e. The molecule has 110 valence electrons. The fraction of sp³-hybridized carbons (Fsp3) is 0.733. The lowest BCUT2D eigenvalue weighted by Crippen LogP contribution is -2.57. The number of hydrogen-bond acceptors (Lipinski definition) is 4. The summed E-state index contributed by atoms with van der Waals surface area (Å²) in [6.07, 6.45) is 3.88. The van der Waals surface area contributed by atoms with Gasteiger partial charge < -0.3 is 9.47 Å². The highest BCUT2D eigenvalue weighted by Crippen LogP contribution is 2.30. The zero-order valence-electron chi connectivity index (χ0n) is 12.4. The van der Waals surface area contributed by atoms with Crippen molar-refractivity contribution in [2.24, 2.45) is 0 Å². The van der Waals surface area contributed by atoms with Gasteiger partial charge in [-0.15, -0.1) is 0 Å². The molecule has 5 nitrogen and oxygen atoms in total. The highest BCUT2D eigenvalue weighted by Gasteiger charge is 2.39. The zero-order chi connectivity index (χ0) is 14.8. The average Bonchev–Trinajstić information content (AvgIpc) is 2.32. The number of hydrogen-bond donors (Lipinski definition) is 0. The molecule has 0 aromatic heterocycles. The van der Waals surface area contributed by atoms with Crippen LogP contribution < -0.4 is 0 Å². The fourth-order valence-corrected chi connectivity index (χ4v) is 2.69. The molecule has 2 atom stereocenters. The van der Waals surface area contributed by atoms with Gasteiger partial charge >= 0.3 is 6.09 Å². The first-order valence-corrected chi connectivity index (χ1v) is 7.06. The van der Waals surface area contributed by atoms with Crippen LogP contribution in [0.5, 0.6) is 0 Å². The predicted octanol–water partition coefficient (Wildman–Crippen LogP) is 2.62. The third-order valence-electron chi connectivity index (χ3n) is 3.44. The second-order valence-electron chi connectivity index (χ2n) is 6.33. The number of ether oxygens (including phenoxy) is 2. The molecule has 2 rings (SSSR count). The van der Waals surface area contributed by atoms with E-state index in [0.717, 1.165) is 12.8 Å². The van der Waals surface area contributed by atoms with Gasteiger partial charge in [-0.25, -0.2) is 4.79 Å². The molecule has 1 fully saturated rings. The number of fused-ring (bicyclic) bond motifs is 2. The molecule has 2 aliphatic heterocycles. The van der Waals surface area contributed by atoms with E-state index < -0.39 is 5.60 Å². The number of carbonyl (C=O) groups is 1. The van der Waals surface area contributed by atoms with Gasteiger partial charge in [0.15, 0.2) is 0 Å². The van der Waals surface area contributed by atoms with E-state index >= 15 is 0 Å². The molecular formula is C15H22N2O3. The van der Waals surface area contributed by atoms with Crippen LogP contribution >= 0.6 is 0 Å². The normalized spacial score (nSPS) is 25.7. The summed E-state index contributed by atoms with van der Waals surface area (Å²) in [6.45, 7) is 6.66. The summed E-state index contributed by atoms with van der Waals surface area (Å²) < 4.78 is 11.0. The minimum Gasteiger partial charge on any atom is -0.444 e. The van der Waals surface area contributed by atoms with Crippen molar-refractivity contribution in [3.05, 3.63) is 11.6 Å². The topological polar surface area (TPSA) is 62.6 Å². The Bertz CT molecular complexity index is 445. The van der Waals surface area contributed by atoms with Gasteiger partial charge in [0.05, 0.1) is 31.4 Å². The second kappa shape index (κ2) is 5.84. The molecule has 0 aliphatic carbocycles. The van der Waals surface area contributed by atoms with Crippen molar-refractivity contribution in [2.75, 3.05) is 13.2 Å². The van der Waals surface area contributed by atoms with E-state index in [-0.39, 0.29) is 18.2 Å². The molecule has 0 radical (unpaired) electrons. The van der Waals surface area contributed by atoms with Crippen LogP contribution in [0.15, 0.2) is 11.6 Å². The molecule has 0 aromatic carbocycles. The number of nitrogens with zero attached hydrogens (tertiary/aromatic N) is 2. The lowest BCUT2D eigenvalue weighted by molar-refractivity contribution is -0.0537. The van der Waals surface area contributed by atoms with Crippen molar-refractivity contribution in [3.63, 3.8) is 0 Å². The van der Waals surface area contributed by atoms with Crippen LogP contribution in [0.1, 0.15) is 40.0 Å². The number of amides is 1. The van der Waals surface area contributed by atoms with Gasteiger partial charge in [0.1, 0.15) is 5.60 Å². The van der Waals surface area contributed by atoms with Gasteiger partial charge in [-0.2, -0.15) is 5.26 Å². The maximum absolute atomic E-state index is 12.3. The molecule has 2 aliphatic rings. The number of morpholine rings is 1. The summed E-state index contributed by atoms with van der Waals surface area (Å²) in [6, 6.07) is 2.13. The van der Waals surface area contributed by atoms with Crippen molar-refractivity contribution < 1.29 is 14.3 Å². The van der Waals surface area contributed by atoms with Crippen LogP contribution in [0.2, 0.25) is 0 Å². The monoisotopic (exact) mass is 278 g/mol. The molecule has 2 bridgehead atoms. The van der Waals surface area contributed by atoms with Crippen molar-refractivity contribution in [3.8, 4) is 6.07 Å². The largest absolute Gasteiger partial charge is 0.444 e. The summed E-state index contributed by atoms with van der Waals surface area (Å²) >= 11 is 0. The molecule has 5 heteroatoms. The van der Waals surface area contributed by atoms with E-state index in [1.807, 2.05) is 20.8 Å². The summed E-state index contributed by atoms with van der Waals surface area (Å²) in [4.78, 5) is 14.1. The van der Waals surface area contributed by atoms with Gasteiger partial charge in [-0.3, -0.25) is 4.90 Å². The first-order valence-electron chi connectivity index (χ1n) is 7.06. The van der Waals surface area contributed by atoms with E-state index in [1.54, 1.807) is 4.90 Å². The van der Waals surface area contributed by atoms with Gasteiger partial charge in [-0.05, 0) is 33.6 Å². The Balaban J connectivity index is 2.10. The lowest BCUT2D eigenvalue weighted by atomic mass is 9.92. The van der Waals surface area contributed by atoms with Gasteiger partial charge in [0.2, 0.25) is 0 Å². The third-order valence-corrected chi connectivity index (χ3v) is 3.44. The van der Waals surface area contributed by atoms with Crippen LogP contribution in [0.3, 0.4) is 0 Å². The standard InChI is InChI=1S/C15H22N2O3/c1-15(2,3)20-14(18)17-12-7-11(5-4-6-16)8-13(17)10-19-9-12/h7,12-13H,4-5,8-10H2,1-3H3. The molecule has 2 unspecified atom stereocenters. The van der Waals surface area contributed by atoms with Gasteiger partial charge in [0, 0.05) is 6.42 Å². The molecule has 0 spiro atoms. The SMILES string of the molecule is CC(C)(C)OC(=O)N1C2C=C(CCC#N)CC1COC2. The average molecular weight is 278 g/mol. The van der Waals surface area contributed by atoms with Gasteiger partial charge in [0.25, 0.3) is 0 Å². The van der Waals surface area contributed by atoms with Gasteiger partial charge in [-0.1, -0.05) is 11.6 Å². The van der Waals surface area contributed by atoms with Crippen molar-refractivity contribution in [1.29, 1.82) is 5.26 Å². The Kier molecular flexibility index (Phi) is 4.34. The van der Waals surface area contributed by atoms with Crippen LogP contribution in [0, 0.1) is 11.3 Å². The Morgan fingerprint density at radius 2 is 2.30 bits per heavy atom. The Morgan fingerprint density at radius 3 is 2.90 bits per heavy atom. The van der Waals surface area contributed by atoms with E-state index in [1.165, 1.54) is 5.57 Å². The molecule has 2 heterocycles. The van der Waals surface area contributed by atoms with Crippen molar-refractivity contribution >= 4 is 6.09 Å². The van der Waals surface area contributed by atoms with E-state index in [4.69, 9.17) is 14.7 Å². The van der Waals surface area contributed by atoms with Crippen LogP contribution in [0.25, 0.3) is 0 Å². The Labute approximate surface area is 120 Å². The summed E-state index contributed by atoms with van der Waals surface area (Å²) in [5, 5.41) is 8.68. The molecular weight excluding hydrogens is 256 g/mol. The molecule has 0 aromatic rings. The molecule has 1 amide bonds. The Morgan fingerprint density at radius 1 is 1.55 bits per heavy atom. The summed E-state index contributed by atoms with van der Waals surface area (Å²) in [5.74, 6) is 0. The second-order valence-corrected chi connectivity index (χ2v) is 6.33. The number of nitriles is 1. The van der Waals surface area contributed by atoms with Crippen molar-refractivity contribution in [1.82, 2.24) is 4.90 Å². The summed E-state index contributed by atoms with van der Waals surface area (Å²) in [5.41, 5.74) is 0.765. The molecule has 0 N–H and O–H groups in total. The predicted molar refractivity (Wildman–Crippen MR) is 74.0 cm³/mol. The van der Waals surface area contributed by atoms with Crippen molar-refractivity contribution in [2.45, 2.75) is 57.7 Å². The first kappa shape index (κ1) is 14.9. The third kappa shape index (κ3) is 3.51. The minimum absolute atomic E-state index is 0.0299. The number of carbonyl (C=O) groups excluding carboxylic acids is 1. The highest BCUT2D eigenvalue weighted by molar-refractivity contribution is 5.70. The van der Waals surface area contributed by atoms with Crippen LogP contribution in [-0.2, 0) is 9.47 Å². The van der Waals surface area contributed by atoms with E-state index in [0.29, 0.717) is 19.6 Å². The fourth-order valence-electron chi connectivity index (χ4n) is 2.69. The highest BCUT2D eigenvalue weighted by atomic mass is 16.6. The quantitative estimate of drug-likeness (QED) is 0.728. The lowest BCUT2D eigenvalue weighted by Gasteiger charge is -2.44. The summed E-state index contributed by atoms with van der Waals surface area (Å²) in [7, 11) is 0. The maximum atomic E-state index is 12.3. The molecule has 0 saturated carbocycles. The molecule has 20 heavy (non-hydrogen) atoms. The first-order chi connectivity index (χ1) is 9.40. The Hall–Kier alpha value is -1.54. The van der Waals surface area contributed by atoms with Crippen LogP contribution in [-0.4, -0.2) is 41.9 Å². The van der Waals surface area contributed by atoms with E-state index in [9.17, 15) is 4.79 Å². The van der Waals surface area contributed by atoms with Crippen LogP contribution in [0.4, 0.5) is 4.79 Å². The smallest absolute Gasteiger partial charge is 0.411 e. The zero-order valence-corrected chi connectivity index (χ0v) is 12.4. The number of rotatable bonds is 2.